The third kappa shape index (κ3) is 2.41. The molecular weight excluding hydrogens is 356 g/mol. The van der Waals surface area contributed by atoms with Crippen LogP contribution in [0.3, 0.4) is 0 Å². The summed E-state index contributed by atoms with van der Waals surface area (Å²) in [5, 5.41) is 10.8. The number of aryl methyl sites for hydroxylation is 1. The van der Waals surface area contributed by atoms with Gasteiger partial charge >= 0.3 is 0 Å². The Labute approximate surface area is 150 Å². The van der Waals surface area contributed by atoms with E-state index in [0.29, 0.717) is 30.4 Å². The fraction of sp³-hybridized carbons (Fsp3) is 0.368. The van der Waals surface area contributed by atoms with E-state index in [2.05, 4.69) is 0 Å². The molecule has 0 amide bonds. The third-order valence-corrected chi connectivity index (χ3v) is 6.45. The van der Waals surface area contributed by atoms with Crippen molar-refractivity contribution in [3.8, 4) is 0 Å². The standard InChI is InChI=1S/C19H18O6S/c1-9-7-13-12(5-6-14(19(13)25-9)26(2,23)24)18(22)15-16(20)10-3-4-11(8-10)17(15)21/h5-7,10-11,20H,3-4,8H2,1-2H3. The zero-order chi connectivity index (χ0) is 18.8. The second kappa shape index (κ2) is 5.54. The van der Waals surface area contributed by atoms with Crippen LogP contribution in [0.25, 0.3) is 11.0 Å². The highest BCUT2D eigenvalue weighted by Crippen LogP contribution is 2.43. The summed E-state index contributed by atoms with van der Waals surface area (Å²) in [6.45, 7) is 1.66. The molecule has 2 atom stereocenters. The summed E-state index contributed by atoms with van der Waals surface area (Å²) in [5.74, 6) is -0.926. The molecule has 0 spiro atoms. The van der Waals surface area contributed by atoms with Gasteiger partial charge in [-0.15, -0.1) is 0 Å². The minimum Gasteiger partial charge on any atom is -0.511 e. The SMILES string of the molecule is Cc1cc2c(C(=O)C3=C(O)C4CCC(C4)C3=O)ccc(S(C)(=O)=O)c2o1. The van der Waals surface area contributed by atoms with E-state index in [0.717, 1.165) is 6.26 Å². The molecule has 2 aliphatic rings. The average molecular weight is 374 g/mol. The molecule has 0 aliphatic heterocycles. The number of allylic oxidation sites excluding steroid dienone is 2. The number of Topliss-reactive ketones (excluding diaryl/α,β-unsaturated/α-hetero) is 2. The minimum atomic E-state index is -3.55. The molecule has 6 nitrogen and oxygen atoms in total. The quantitative estimate of drug-likeness (QED) is 0.654. The van der Waals surface area contributed by atoms with Gasteiger partial charge in [0.2, 0.25) is 5.78 Å². The lowest BCUT2D eigenvalue weighted by Crippen LogP contribution is -2.27. The number of sulfone groups is 1. The maximum atomic E-state index is 13.1. The van der Waals surface area contributed by atoms with Crippen LogP contribution < -0.4 is 0 Å². The van der Waals surface area contributed by atoms with Crippen molar-refractivity contribution in [2.75, 3.05) is 6.26 Å². The number of hydrogen-bond acceptors (Lipinski definition) is 6. The Bertz CT molecular complexity index is 1100. The number of carbonyl (C=O) groups excluding carboxylic acids is 2. The molecule has 1 heterocycles. The molecule has 2 aromatic rings. The van der Waals surface area contributed by atoms with Gasteiger partial charge in [0, 0.05) is 29.0 Å². The molecule has 1 aromatic carbocycles. The molecule has 1 saturated carbocycles. The number of carbonyl (C=O) groups is 2. The van der Waals surface area contributed by atoms with E-state index >= 15 is 0 Å². The van der Waals surface area contributed by atoms with Crippen LogP contribution >= 0.6 is 0 Å². The second-order valence-corrected chi connectivity index (χ2v) is 9.13. The van der Waals surface area contributed by atoms with E-state index in [1.807, 2.05) is 0 Å². The van der Waals surface area contributed by atoms with Crippen LogP contribution in [-0.2, 0) is 14.6 Å². The molecule has 2 unspecified atom stereocenters. The molecule has 4 rings (SSSR count). The summed E-state index contributed by atoms with van der Waals surface area (Å²) in [5.41, 5.74) is 0.110. The molecular formula is C19H18O6S. The predicted molar refractivity (Wildman–Crippen MR) is 93.9 cm³/mol. The van der Waals surface area contributed by atoms with Crippen molar-refractivity contribution in [2.24, 2.45) is 11.8 Å². The summed E-state index contributed by atoms with van der Waals surface area (Å²) in [7, 11) is -3.55. The average Bonchev–Trinajstić information content (AvgIpc) is 3.15. The fourth-order valence-corrected chi connectivity index (χ4v) is 4.88. The van der Waals surface area contributed by atoms with Gasteiger partial charge in [0.15, 0.2) is 21.2 Å². The number of rotatable bonds is 3. The lowest BCUT2D eigenvalue weighted by molar-refractivity contribution is -0.119. The van der Waals surface area contributed by atoms with Gasteiger partial charge < -0.3 is 9.52 Å². The molecule has 1 aromatic heterocycles. The van der Waals surface area contributed by atoms with Crippen LogP contribution in [0.2, 0.25) is 0 Å². The highest BCUT2D eigenvalue weighted by molar-refractivity contribution is 7.91. The number of aliphatic hydroxyl groups excluding tert-OH is 1. The van der Waals surface area contributed by atoms with Gasteiger partial charge in [0.25, 0.3) is 0 Å². The number of furan rings is 1. The topological polar surface area (TPSA) is 102 Å². The van der Waals surface area contributed by atoms with Gasteiger partial charge in [-0.1, -0.05) is 0 Å². The van der Waals surface area contributed by atoms with Crippen LogP contribution in [0.5, 0.6) is 0 Å². The number of hydrogen-bond donors (Lipinski definition) is 1. The highest BCUT2D eigenvalue weighted by atomic mass is 32.2. The molecule has 136 valence electrons. The fourth-order valence-electron chi connectivity index (χ4n) is 4.08. The zero-order valence-corrected chi connectivity index (χ0v) is 15.2. The van der Waals surface area contributed by atoms with Crippen LogP contribution in [0.4, 0.5) is 0 Å². The summed E-state index contributed by atoms with van der Waals surface area (Å²) >= 11 is 0. The Morgan fingerprint density at radius 3 is 2.62 bits per heavy atom. The molecule has 0 saturated heterocycles. The van der Waals surface area contributed by atoms with Gasteiger partial charge in [-0.3, -0.25) is 9.59 Å². The summed E-state index contributed by atoms with van der Waals surface area (Å²) in [6, 6.07) is 4.28. The number of fused-ring (bicyclic) bond motifs is 3. The van der Waals surface area contributed by atoms with Gasteiger partial charge in [-0.25, -0.2) is 8.42 Å². The molecule has 1 N–H and O–H groups in total. The Balaban J connectivity index is 1.92. The first-order valence-corrected chi connectivity index (χ1v) is 10.3. The normalized spacial score (nSPS) is 23.1. The smallest absolute Gasteiger partial charge is 0.200 e. The second-order valence-electron chi connectivity index (χ2n) is 7.14. The lowest BCUT2D eigenvalue weighted by Gasteiger charge is -2.21. The van der Waals surface area contributed by atoms with Crippen LogP contribution in [0.1, 0.15) is 35.4 Å². The highest BCUT2D eigenvalue weighted by Gasteiger charge is 2.43. The molecule has 2 aliphatic carbocycles. The Morgan fingerprint density at radius 2 is 1.92 bits per heavy atom. The lowest BCUT2D eigenvalue weighted by atomic mass is 9.83. The Hall–Kier alpha value is -2.41. The maximum absolute atomic E-state index is 13.1. The van der Waals surface area contributed by atoms with Crippen LogP contribution in [-0.4, -0.2) is 31.3 Å². The van der Waals surface area contributed by atoms with E-state index in [-0.39, 0.29) is 45.0 Å². The predicted octanol–water partition coefficient (Wildman–Crippen LogP) is 3.14. The van der Waals surface area contributed by atoms with E-state index in [4.69, 9.17) is 4.42 Å². The van der Waals surface area contributed by atoms with Crippen molar-refractivity contribution in [3.63, 3.8) is 0 Å². The van der Waals surface area contributed by atoms with Crippen molar-refractivity contribution in [3.05, 3.63) is 40.9 Å². The van der Waals surface area contributed by atoms with Crippen LogP contribution in [0, 0.1) is 18.8 Å². The maximum Gasteiger partial charge on any atom is 0.200 e. The van der Waals surface area contributed by atoms with Crippen molar-refractivity contribution >= 4 is 32.4 Å². The van der Waals surface area contributed by atoms with Crippen molar-refractivity contribution in [1.82, 2.24) is 0 Å². The Morgan fingerprint density at radius 1 is 1.23 bits per heavy atom. The first-order chi connectivity index (χ1) is 12.2. The van der Waals surface area contributed by atoms with Crippen molar-refractivity contribution < 1.29 is 27.5 Å². The molecule has 0 radical (unpaired) electrons. The van der Waals surface area contributed by atoms with E-state index in [9.17, 15) is 23.1 Å². The largest absolute Gasteiger partial charge is 0.511 e. The molecule has 26 heavy (non-hydrogen) atoms. The Kier molecular flexibility index (Phi) is 3.63. The van der Waals surface area contributed by atoms with E-state index < -0.39 is 15.6 Å². The number of benzene rings is 1. The minimum absolute atomic E-state index is 0.00890. The molecule has 2 bridgehead atoms. The molecule has 1 fully saturated rings. The summed E-state index contributed by atoms with van der Waals surface area (Å²) < 4.78 is 29.5. The van der Waals surface area contributed by atoms with Gasteiger partial charge in [-0.05, 0) is 44.4 Å². The first kappa shape index (κ1) is 17.0. The van der Waals surface area contributed by atoms with E-state index in [1.54, 1.807) is 13.0 Å². The van der Waals surface area contributed by atoms with Crippen LogP contribution in [0.15, 0.2) is 38.8 Å². The summed E-state index contributed by atoms with van der Waals surface area (Å²) in [4.78, 5) is 25.7. The first-order valence-electron chi connectivity index (χ1n) is 8.43. The third-order valence-electron chi connectivity index (χ3n) is 5.33. The monoisotopic (exact) mass is 374 g/mol. The van der Waals surface area contributed by atoms with Gasteiger partial charge in [0.1, 0.15) is 22.0 Å². The van der Waals surface area contributed by atoms with E-state index in [1.165, 1.54) is 12.1 Å². The zero-order valence-electron chi connectivity index (χ0n) is 14.4. The van der Waals surface area contributed by atoms with Crippen molar-refractivity contribution in [2.45, 2.75) is 31.1 Å². The molecule has 7 heteroatoms. The number of ketones is 2. The van der Waals surface area contributed by atoms with Gasteiger partial charge in [0.05, 0.1) is 0 Å². The number of aliphatic hydroxyl groups is 1. The van der Waals surface area contributed by atoms with Crippen molar-refractivity contribution in [1.29, 1.82) is 0 Å². The van der Waals surface area contributed by atoms with Gasteiger partial charge in [-0.2, -0.15) is 0 Å². The summed E-state index contributed by atoms with van der Waals surface area (Å²) in [6.07, 6.45) is 3.04.